The number of hydrogen-bond donors (Lipinski definition) is 0. The van der Waals surface area contributed by atoms with Crippen LogP contribution in [-0.2, 0) is 12.4 Å². The second-order valence-corrected chi connectivity index (χ2v) is 10.6. The van der Waals surface area contributed by atoms with Gasteiger partial charge >= 0.3 is 12.4 Å². The first kappa shape index (κ1) is 28.5. The fraction of sp³-hybridized carbons (Fsp3) is 0.0571. The maximum atomic E-state index is 14.8. The molecule has 0 unspecified atom stereocenters. The summed E-state index contributed by atoms with van der Waals surface area (Å²) < 4.78 is 88.6. The molecule has 0 fully saturated rings. The van der Waals surface area contributed by atoms with Crippen molar-refractivity contribution in [2.45, 2.75) is 12.4 Å². The highest BCUT2D eigenvalue weighted by molar-refractivity contribution is 6.24. The predicted octanol–water partition coefficient (Wildman–Crippen LogP) is 9.53. The molecule has 5 aromatic carbocycles. The van der Waals surface area contributed by atoms with E-state index in [1.807, 2.05) is 18.2 Å². The predicted molar refractivity (Wildman–Crippen MR) is 159 cm³/mol. The van der Waals surface area contributed by atoms with Crippen LogP contribution in [0.2, 0.25) is 0 Å². The van der Waals surface area contributed by atoms with Gasteiger partial charge in [-0.15, -0.1) is 0 Å². The van der Waals surface area contributed by atoms with Crippen LogP contribution in [0.5, 0.6) is 0 Å². The highest BCUT2D eigenvalue weighted by Crippen LogP contribution is 2.46. The molecule has 0 aliphatic heterocycles. The van der Waals surface area contributed by atoms with Crippen LogP contribution >= 0.6 is 0 Å². The van der Waals surface area contributed by atoms with Crippen molar-refractivity contribution in [1.82, 2.24) is 9.13 Å². The quantitative estimate of drug-likeness (QED) is 0.181. The summed E-state index contributed by atoms with van der Waals surface area (Å²) in [6, 6.07) is 27.7. The zero-order valence-electron chi connectivity index (χ0n) is 23.2. The Morgan fingerprint density at radius 1 is 0.522 bits per heavy atom. The van der Waals surface area contributed by atoms with E-state index in [2.05, 4.69) is 0 Å². The molecule has 0 aliphatic rings. The minimum absolute atomic E-state index is 0.0298. The lowest BCUT2D eigenvalue weighted by Gasteiger charge is -2.20. The minimum Gasteiger partial charge on any atom is -0.307 e. The third-order valence-electron chi connectivity index (χ3n) is 7.99. The van der Waals surface area contributed by atoms with Crippen LogP contribution in [0.25, 0.3) is 55.0 Å². The van der Waals surface area contributed by atoms with Gasteiger partial charge in [0.2, 0.25) is 0 Å². The van der Waals surface area contributed by atoms with Gasteiger partial charge in [0.15, 0.2) is 0 Å². The average Bonchev–Trinajstić information content (AvgIpc) is 3.56. The van der Waals surface area contributed by atoms with Crippen molar-refractivity contribution in [2.24, 2.45) is 0 Å². The van der Waals surface area contributed by atoms with Crippen molar-refractivity contribution in [3.8, 4) is 29.6 Å². The molecule has 7 aromatic rings. The molecule has 0 bridgehead atoms. The van der Waals surface area contributed by atoms with E-state index in [4.69, 9.17) is 0 Å². The Labute approximate surface area is 255 Å². The maximum absolute atomic E-state index is 14.8. The third kappa shape index (κ3) is 4.16. The van der Waals surface area contributed by atoms with Crippen LogP contribution < -0.4 is 0 Å². The molecule has 2 heterocycles. The van der Waals surface area contributed by atoms with Gasteiger partial charge in [-0.05, 0) is 42.5 Å². The second-order valence-electron chi connectivity index (χ2n) is 10.6. The van der Waals surface area contributed by atoms with Crippen LogP contribution in [0, 0.1) is 34.0 Å². The number of nitriles is 3. The zero-order chi connectivity index (χ0) is 32.5. The summed E-state index contributed by atoms with van der Waals surface area (Å²) in [5.41, 5.74) is -2.69. The summed E-state index contributed by atoms with van der Waals surface area (Å²) in [4.78, 5) is 0. The number of halogens is 6. The lowest BCUT2D eigenvalue weighted by molar-refractivity contribution is -0.143. The Hall–Kier alpha value is -6.25. The van der Waals surface area contributed by atoms with Crippen molar-refractivity contribution < 1.29 is 26.3 Å². The lowest BCUT2D eigenvalue weighted by atomic mass is 10.0. The number of rotatable bonds is 2. The summed E-state index contributed by atoms with van der Waals surface area (Å²) in [6.07, 6.45) is -10.4. The molecule has 11 heteroatoms. The van der Waals surface area contributed by atoms with Crippen LogP contribution in [-0.4, -0.2) is 9.13 Å². The van der Waals surface area contributed by atoms with Gasteiger partial charge in [-0.1, -0.05) is 48.5 Å². The minimum atomic E-state index is -5.27. The van der Waals surface area contributed by atoms with Crippen molar-refractivity contribution in [2.75, 3.05) is 0 Å². The number of hydrogen-bond acceptors (Lipinski definition) is 3. The molecule has 0 N–H and O–H groups in total. The van der Waals surface area contributed by atoms with Crippen molar-refractivity contribution in [3.05, 3.63) is 119 Å². The monoisotopic (exact) mass is 619 g/mol. The first-order valence-corrected chi connectivity index (χ1v) is 13.6. The molecule has 222 valence electrons. The first-order valence-electron chi connectivity index (χ1n) is 13.6. The zero-order valence-corrected chi connectivity index (χ0v) is 23.2. The summed E-state index contributed by atoms with van der Waals surface area (Å²) in [7, 11) is 0. The van der Waals surface area contributed by atoms with Gasteiger partial charge in [0.25, 0.3) is 0 Å². The standard InChI is InChI=1S/C35H15F6N5/c36-34(37,38)22-14-21(18-44)31(28(15-22)35(39,40)41)46-30-8-4-2-6-25(30)27-10-9-26-24-5-1-3-7-29(24)45(32(26)33(27)46)23-12-19(16-42)11-20(13-23)17-43/h1-15H. The number of fused-ring (bicyclic) bond motifs is 7. The van der Waals surface area contributed by atoms with E-state index in [0.717, 1.165) is 0 Å². The van der Waals surface area contributed by atoms with Crippen LogP contribution in [0.3, 0.4) is 0 Å². The van der Waals surface area contributed by atoms with Gasteiger partial charge < -0.3 is 9.13 Å². The smallest absolute Gasteiger partial charge is 0.307 e. The van der Waals surface area contributed by atoms with Gasteiger partial charge in [-0.25, -0.2) is 0 Å². The molecule has 0 spiro atoms. The molecule has 0 amide bonds. The molecular formula is C35H15F6N5. The lowest BCUT2D eigenvalue weighted by Crippen LogP contribution is -2.16. The summed E-state index contributed by atoms with van der Waals surface area (Å²) in [6.45, 7) is 0. The normalized spacial score (nSPS) is 12.1. The SMILES string of the molecule is N#Cc1cc(C#N)cc(-n2c3ccccc3c3ccc4c5ccccc5n(-c5c(C#N)cc(C(F)(F)F)cc5C(F)(F)F)c4c32)c1. The van der Waals surface area contributed by atoms with Gasteiger partial charge in [-0.2, -0.15) is 42.1 Å². The molecule has 46 heavy (non-hydrogen) atoms. The maximum Gasteiger partial charge on any atom is 0.418 e. The highest BCUT2D eigenvalue weighted by atomic mass is 19.4. The van der Waals surface area contributed by atoms with Crippen LogP contribution in [0.15, 0.2) is 91.0 Å². The molecule has 5 nitrogen and oxygen atoms in total. The fourth-order valence-corrected chi connectivity index (χ4v) is 6.21. The Bertz CT molecular complexity index is 2510. The van der Waals surface area contributed by atoms with E-state index in [1.165, 1.54) is 16.7 Å². The molecule has 2 aromatic heterocycles. The Kier molecular flexibility index (Phi) is 6.13. The van der Waals surface area contributed by atoms with Gasteiger partial charge in [0.1, 0.15) is 6.07 Å². The molecule has 7 rings (SSSR count). The average molecular weight is 620 g/mol. The summed E-state index contributed by atoms with van der Waals surface area (Å²) >= 11 is 0. The molecular weight excluding hydrogens is 604 g/mol. The fourth-order valence-electron chi connectivity index (χ4n) is 6.21. The van der Waals surface area contributed by atoms with E-state index >= 15 is 0 Å². The molecule has 0 radical (unpaired) electrons. The highest BCUT2D eigenvalue weighted by Gasteiger charge is 2.41. The molecule has 0 aliphatic carbocycles. The van der Waals surface area contributed by atoms with Crippen LogP contribution in [0.4, 0.5) is 26.3 Å². The van der Waals surface area contributed by atoms with Crippen molar-refractivity contribution in [1.29, 1.82) is 15.8 Å². The number of alkyl halides is 6. The van der Waals surface area contributed by atoms with E-state index < -0.39 is 34.7 Å². The largest absolute Gasteiger partial charge is 0.418 e. The summed E-state index contributed by atoms with van der Waals surface area (Å²) in [5.74, 6) is 0. The number of benzene rings is 5. The van der Waals surface area contributed by atoms with E-state index in [0.29, 0.717) is 44.3 Å². The van der Waals surface area contributed by atoms with E-state index in [-0.39, 0.29) is 28.2 Å². The van der Waals surface area contributed by atoms with E-state index in [1.54, 1.807) is 71.3 Å². The number of para-hydroxylation sites is 2. The molecule has 0 saturated heterocycles. The van der Waals surface area contributed by atoms with Crippen LogP contribution in [0.1, 0.15) is 27.8 Å². The van der Waals surface area contributed by atoms with Gasteiger partial charge in [0, 0.05) is 27.2 Å². The van der Waals surface area contributed by atoms with Crippen molar-refractivity contribution in [3.63, 3.8) is 0 Å². The Morgan fingerprint density at radius 3 is 1.54 bits per heavy atom. The third-order valence-corrected chi connectivity index (χ3v) is 7.99. The Morgan fingerprint density at radius 2 is 1.04 bits per heavy atom. The van der Waals surface area contributed by atoms with Gasteiger partial charge in [-0.3, -0.25) is 0 Å². The topological polar surface area (TPSA) is 81.2 Å². The number of nitrogens with zero attached hydrogens (tertiary/aromatic N) is 5. The first-order chi connectivity index (χ1) is 22.0. The second kappa shape index (κ2) is 9.88. The Balaban J connectivity index is 1.78. The summed E-state index contributed by atoms with van der Waals surface area (Å²) in [5, 5.41) is 31.7. The number of aromatic nitrogens is 2. The van der Waals surface area contributed by atoms with Crippen molar-refractivity contribution >= 4 is 43.6 Å². The van der Waals surface area contributed by atoms with Gasteiger partial charge in [0.05, 0.1) is 67.7 Å². The molecule has 0 atom stereocenters. The van der Waals surface area contributed by atoms with E-state index in [9.17, 15) is 42.1 Å². The molecule has 0 saturated carbocycles.